The summed E-state index contributed by atoms with van der Waals surface area (Å²) in [4.78, 5) is 0. The minimum absolute atomic E-state index is 0.254. The van der Waals surface area contributed by atoms with Crippen LogP contribution in [0.25, 0.3) is 0 Å². The molecule has 6 rings (SSSR count). The maximum absolute atomic E-state index is 13.7. The Bertz CT molecular complexity index is 1900. The highest BCUT2D eigenvalue weighted by Crippen LogP contribution is 2.41. The lowest BCUT2D eigenvalue weighted by Crippen LogP contribution is -2.39. The molecule has 2 aliphatic carbocycles. The molecule has 2 aliphatic rings. The van der Waals surface area contributed by atoms with E-state index < -0.39 is 20.0 Å². The molecule has 2 fully saturated rings. The smallest absolute Gasteiger partial charge is 0.217 e. The third-order valence-corrected chi connectivity index (χ3v) is 15.9. The van der Waals surface area contributed by atoms with E-state index in [4.69, 9.17) is 18.9 Å². The van der Waals surface area contributed by atoms with E-state index in [2.05, 4.69) is 13.2 Å². The van der Waals surface area contributed by atoms with Crippen LogP contribution in [0.1, 0.15) is 73.6 Å². The highest BCUT2D eigenvalue weighted by Gasteiger charge is 2.43. The molecule has 2 atom stereocenters. The molecular formula is C48H62N2O8S2. The van der Waals surface area contributed by atoms with Crippen LogP contribution >= 0.6 is 0 Å². The van der Waals surface area contributed by atoms with Gasteiger partial charge in [-0.15, -0.1) is 13.2 Å². The Balaban J connectivity index is 0.000000228. The summed E-state index contributed by atoms with van der Waals surface area (Å²) in [6.45, 7) is 8.87. The third-order valence-electron chi connectivity index (χ3n) is 11.2. The maximum Gasteiger partial charge on any atom is 0.217 e. The molecule has 0 heterocycles. The van der Waals surface area contributed by atoms with E-state index in [0.29, 0.717) is 51.9 Å². The summed E-state index contributed by atoms with van der Waals surface area (Å²) < 4.78 is 79.0. The molecule has 0 N–H and O–H groups in total. The van der Waals surface area contributed by atoms with Crippen molar-refractivity contribution in [3.8, 4) is 23.0 Å². The standard InChI is InChI=1S/2C24H31NO4S/c2*1-4-5-6-24(21-11-12-21)30(26,27)25(17-19-7-13-22(28-2)14-8-19)18-20-9-15-23(29-3)16-10-20/h2*4,7-10,13-16,21,24H,1,5-6,11-12,17-18H2,2-3H3/t2*24-/m10/s1. The monoisotopic (exact) mass is 858 g/mol. The van der Waals surface area contributed by atoms with E-state index in [-0.39, 0.29) is 22.3 Å². The number of allylic oxidation sites excluding steroid dienone is 2. The Labute approximate surface area is 358 Å². The Morgan fingerprint density at radius 2 is 0.717 bits per heavy atom. The molecular weight excluding hydrogens is 797 g/mol. The molecule has 0 saturated heterocycles. The molecule has 2 saturated carbocycles. The SMILES string of the molecule is C=CCC[C@@H](C1CC1)S(=O)(=O)N(Cc1ccc(OC)cc1)Cc1ccc(OC)cc1.C=CCC[C@H](C1CC1)S(=O)(=O)N(Cc1ccc(OC)cc1)Cc1ccc(OC)cc1. The molecule has 0 radical (unpaired) electrons. The summed E-state index contributed by atoms with van der Waals surface area (Å²) in [6, 6.07) is 30.3. The zero-order valence-electron chi connectivity index (χ0n) is 35.6. The van der Waals surface area contributed by atoms with Gasteiger partial charge in [0.25, 0.3) is 0 Å². The van der Waals surface area contributed by atoms with Crippen molar-refractivity contribution >= 4 is 20.0 Å². The van der Waals surface area contributed by atoms with Gasteiger partial charge in [0.2, 0.25) is 20.0 Å². The van der Waals surface area contributed by atoms with E-state index in [1.54, 1.807) is 37.0 Å². The molecule has 10 nitrogen and oxygen atoms in total. The van der Waals surface area contributed by atoms with Gasteiger partial charge >= 0.3 is 0 Å². The highest BCUT2D eigenvalue weighted by molar-refractivity contribution is 7.90. The molecule has 0 spiro atoms. The molecule has 12 heteroatoms. The van der Waals surface area contributed by atoms with Crippen LogP contribution in [0.3, 0.4) is 0 Å². The lowest BCUT2D eigenvalue weighted by molar-refractivity contribution is 0.384. The maximum atomic E-state index is 13.7. The number of sulfonamides is 2. The van der Waals surface area contributed by atoms with E-state index in [1.165, 1.54) is 0 Å². The number of benzene rings is 4. The van der Waals surface area contributed by atoms with Crippen molar-refractivity contribution in [3.63, 3.8) is 0 Å². The van der Waals surface area contributed by atoms with Crippen molar-refractivity contribution < 1.29 is 35.8 Å². The Hall–Kier alpha value is -4.62. The predicted octanol–water partition coefficient (Wildman–Crippen LogP) is 9.56. The van der Waals surface area contributed by atoms with E-state index in [1.807, 2.05) is 109 Å². The van der Waals surface area contributed by atoms with Crippen LogP contribution in [-0.2, 0) is 46.2 Å². The van der Waals surface area contributed by atoms with Crippen molar-refractivity contribution in [3.05, 3.63) is 145 Å². The molecule has 0 unspecified atom stereocenters. The topological polar surface area (TPSA) is 112 Å². The molecule has 324 valence electrons. The normalized spacial score (nSPS) is 15.0. The van der Waals surface area contributed by atoms with Crippen molar-refractivity contribution in [1.82, 2.24) is 8.61 Å². The van der Waals surface area contributed by atoms with Crippen LogP contribution in [0.5, 0.6) is 23.0 Å². The number of nitrogens with zero attached hydrogens (tertiary/aromatic N) is 2. The zero-order chi connectivity index (χ0) is 43.1. The second kappa shape index (κ2) is 22.3. The van der Waals surface area contributed by atoms with Gasteiger partial charge in [-0.3, -0.25) is 0 Å². The summed E-state index contributed by atoms with van der Waals surface area (Å²) in [5.41, 5.74) is 3.75. The Morgan fingerprint density at radius 1 is 0.483 bits per heavy atom. The van der Waals surface area contributed by atoms with Gasteiger partial charge in [0, 0.05) is 26.2 Å². The zero-order valence-corrected chi connectivity index (χ0v) is 37.2. The van der Waals surface area contributed by atoms with Gasteiger partial charge in [-0.25, -0.2) is 16.8 Å². The fourth-order valence-electron chi connectivity index (χ4n) is 7.35. The Kier molecular flexibility index (Phi) is 17.3. The van der Waals surface area contributed by atoms with Gasteiger partial charge in [-0.1, -0.05) is 60.7 Å². The molecule has 0 amide bonds. The second-order valence-corrected chi connectivity index (χ2v) is 19.8. The van der Waals surface area contributed by atoms with Crippen molar-refractivity contribution in [2.24, 2.45) is 11.8 Å². The van der Waals surface area contributed by atoms with Crippen LogP contribution in [0.15, 0.2) is 122 Å². The largest absolute Gasteiger partial charge is 0.497 e. The fourth-order valence-corrected chi connectivity index (χ4v) is 11.8. The van der Waals surface area contributed by atoms with Gasteiger partial charge in [-0.05, 0) is 134 Å². The number of methoxy groups -OCH3 is 4. The lowest BCUT2D eigenvalue weighted by Gasteiger charge is -2.28. The van der Waals surface area contributed by atoms with Gasteiger partial charge in [0.05, 0.1) is 38.9 Å². The first-order valence-electron chi connectivity index (χ1n) is 20.7. The molecule has 0 aliphatic heterocycles. The average molecular weight is 859 g/mol. The summed E-state index contributed by atoms with van der Waals surface area (Å²) >= 11 is 0. The van der Waals surface area contributed by atoms with Crippen LogP contribution in [0.2, 0.25) is 0 Å². The third kappa shape index (κ3) is 13.2. The number of rotatable bonds is 24. The minimum atomic E-state index is -3.48. The first-order valence-corrected chi connectivity index (χ1v) is 23.7. The summed E-state index contributed by atoms with van der Waals surface area (Å²) in [6.07, 6.45) is 10.2. The first-order chi connectivity index (χ1) is 28.9. The van der Waals surface area contributed by atoms with Gasteiger partial charge in [0.15, 0.2) is 0 Å². The number of hydrogen-bond acceptors (Lipinski definition) is 8. The summed E-state index contributed by atoms with van der Waals surface area (Å²) in [7, 11) is -0.472. The van der Waals surface area contributed by atoms with E-state index >= 15 is 0 Å². The summed E-state index contributed by atoms with van der Waals surface area (Å²) in [5, 5.41) is -0.709. The van der Waals surface area contributed by atoms with Crippen LogP contribution < -0.4 is 18.9 Å². The molecule has 4 aromatic carbocycles. The Morgan fingerprint density at radius 3 is 0.900 bits per heavy atom. The van der Waals surface area contributed by atoms with Gasteiger partial charge in [0.1, 0.15) is 23.0 Å². The number of hydrogen-bond donors (Lipinski definition) is 0. The highest BCUT2D eigenvalue weighted by atomic mass is 32.2. The van der Waals surface area contributed by atoms with E-state index in [0.717, 1.165) is 70.9 Å². The lowest BCUT2D eigenvalue weighted by atomic mass is 10.2. The van der Waals surface area contributed by atoms with Crippen LogP contribution in [0.4, 0.5) is 0 Å². The van der Waals surface area contributed by atoms with Crippen molar-refractivity contribution in [2.45, 2.75) is 88.0 Å². The van der Waals surface area contributed by atoms with E-state index in [9.17, 15) is 16.8 Å². The van der Waals surface area contributed by atoms with Crippen molar-refractivity contribution in [1.29, 1.82) is 0 Å². The number of ether oxygens (including phenoxy) is 4. The molecule has 4 aromatic rings. The first kappa shape index (κ1) is 46.4. The van der Waals surface area contributed by atoms with Gasteiger partial charge < -0.3 is 18.9 Å². The second-order valence-electron chi connectivity index (χ2n) is 15.5. The molecule has 0 aromatic heterocycles. The molecule has 60 heavy (non-hydrogen) atoms. The fraction of sp³-hybridized carbons (Fsp3) is 0.417. The summed E-state index contributed by atoms with van der Waals surface area (Å²) in [5.74, 6) is 3.53. The quantitative estimate of drug-likeness (QED) is 0.0641. The predicted molar refractivity (Wildman–Crippen MR) is 240 cm³/mol. The van der Waals surface area contributed by atoms with Crippen LogP contribution in [-0.4, -0.2) is 64.4 Å². The van der Waals surface area contributed by atoms with Crippen molar-refractivity contribution in [2.75, 3.05) is 28.4 Å². The average Bonchev–Trinajstić information content (AvgIpc) is 4.22. The molecule has 0 bridgehead atoms. The van der Waals surface area contributed by atoms with Gasteiger partial charge in [-0.2, -0.15) is 8.61 Å². The van der Waals surface area contributed by atoms with Crippen LogP contribution in [0, 0.1) is 11.8 Å². The minimum Gasteiger partial charge on any atom is -0.497 e.